The minimum Gasteiger partial charge on any atom is -0.468 e. The Kier molecular flexibility index (Phi) is 4.98. The molecule has 0 radical (unpaired) electrons. The van der Waals surface area contributed by atoms with Crippen molar-refractivity contribution in [3.05, 3.63) is 0 Å². The van der Waals surface area contributed by atoms with Crippen molar-refractivity contribution in [2.75, 3.05) is 7.11 Å². The lowest BCUT2D eigenvalue weighted by Gasteiger charge is -2.22. The van der Waals surface area contributed by atoms with Crippen LogP contribution in [0.1, 0.15) is 41.0 Å². The van der Waals surface area contributed by atoms with Crippen LogP contribution < -0.4 is 0 Å². The molecule has 0 aromatic heterocycles. The van der Waals surface area contributed by atoms with Gasteiger partial charge in [0, 0.05) is 6.42 Å². The summed E-state index contributed by atoms with van der Waals surface area (Å²) < 4.78 is 4.65. The van der Waals surface area contributed by atoms with E-state index in [0.717, 1.165) is 0 Å². The van der Waals surface area contributed by atoms with Crippen LogP contribution in [0.3, 0.4) is 0 Å². The number of methoxy groups -OCH3 is 1. The Balaban J connectivity index is 4.65. The van der Waals surface area contributed by atoms with Crippen LogP contribution in [0.25, 0.3) is 0 Å². The number of ether oxygens (including phenoxy) is 1. The van der Waals surface area contributed by atoms with Crippen molar-refractivity contribution >= 4 is 11.8 Å². The lowest BCUT2D eigenvalue weighted by Crippen LogP contribution is -2.32. The number of hydrogen-bond donors (Lipinski definition) is 0. The number of Topliss-reactive ketones (excluding diaryl/α,β-unsaturated/α-hetero) is 1. The Bertz CT molecular complexity index is 236. The van der Waals surface area contributed by atoms with E-state index in [0.29, 0.717) is 6.42 Å². The summed E-state index contributed by atoms with van der Waals surface area (Å²) in [6, 6.07) is 0. The van der Waals surface area contributed by atoms with E-state index in [1.54, 1.807) is 0 Å². The van der Waals surface area contributed by atoms with Crippen molar-refractivity contribution in [1.29, 1.82) is 0 Å². The molecule has 0 aromatic rings. The molecule has 1 atom stereocenters. The minimum absolute atomic E-state index is 0.00713. The molecule has 3 heteroatoms. The van der Waals surface area contributed by atoms with E-state index in [-0.39, 0.29) is 17.1 Å². The van der Waals surface area contributed by atoms with Crippen molar-refractivity contribution < 1.29 is 14.3 Å². The first kappa shape index (κ1) is 14.1. The maximum atomic E-state index is 11.9. The lowest BCUT2D eigenvalue weighted by atomic mass is 9.82. The fraction of sp³-hybridized carbons (Fsp3) is 0.833. The average molecular weight is 214 g/mol. The fourth-order valence-corrected chi connectivity index (χ4v) is 1.54. The number of carbonyl (C=O) groups excluding carboxylic acids is 2. The molecule has 88 valence electrons. The van der Waals surface area contributed by atoms with Gasteiger partial charge in [0.25, 0.3) is 0 Å². The van der Waals surface area contributed by atoms with Crippen LogP contribution in [0.2, 0.25) is 0 Å². The molecule has 15 heavy (non-hydrogen) atoms. The molecular formula is C12H22O3. The van der Waals surface area contributed by atoms with Crippen LogP contribution in [0.15, 0.2) is 0 Å². The van der Waals surface area contributed by atoms with Crippen LogP contribution in [0, 0.1) is 17.3 Å². The first-order chi connectivity index (χ1) is 6.69. The Labute approximate surface area is 92.2 Å². The van der Waals surface area contributed by atoms with Crippen LogP contribution >= 0.6 is 0 Å². The van der Waals surface area contributed by atoms with Gasteiger partial charge in [-0.1, -0.05) is 34.6 Å². The maximum Gasteiger partial charge on any atom is 0.316 e. The molecule has 0 fully saturated rings. The van der Waals surface area contributed by atoms with Gasteiger partial charge in [-0.25, -0.2) is 0 Å². The van der Waals surface area contributed by atoms with Gasteiger partial charge in [-0.2, -0.15) is 0 Å². The molecule has 0 aliphatic heterocycles. The molecule has 3 nitrogen and oxygen atoms in total. The number of carbonyl (C=O) groups is 2. The summed E-state index contributed by atoms with van der Waals surface area (Å²) in [4.78, 5) is 23.3. The molecule has 0 spiro atoms. The van der Waals surface area contributed by atoms with Crippen LogP contribution in [0.5, 0.6) is 0 Å². The zero-order valence-electron chi connectivity index (χ0n) is 10.6. The topological polar surface area (TPSA) is 43.4 Å². The van der Waals surface area contributed by atoms with Gasteiger partial charge in [-0.3, -0.25) is 9.59 Å². The Morgan fingerprint density at radius 2 is 1.67 bits per heavy atom. The number of hydrogen-bond acceptors (Lipinski definition) is 3. The third-order valence-corrected chi connectivity index (χ3v) is 2.17. The smallest absolute Gasteiger partial charge is 0.316 e. The third kappa shape index (κ3) is 4.96. The summed E-state index contributed by atoms with van der Waals surface area (Å²) in [5.41, 5.74) is -0.0851. The average Bonchev–Trinajstić information content (AvgIpc) is 1.99. The van der Waals surface area contributed by atoms with Gasteiger partial charge in [-0.05, 0) is 11.3 Å². The van der Waals surface area contributed by atoms with Crippen molar-refractivity contribution in [3.63, 3.8) is 0 Å². The molecule has 0 aromatic carbocycles. The predicted octanol–water partition coefficient (Wildman–Crippen LogP) is 2.44. The molecule has 0 saturated heterocycles. The molecule has 0 saturated carbocycles. The summed E-state index contributed by atoms with van der Waals surface area (Å²) in [5.74, 6) is -1.06. The zero-order valence-corrected chi connectivity index (χ0v) is 10.6. The first-order valence-corrected chi connectivity index (χ1v) is 5.29. The highest BCUT2D eigenvalue weighted by Crippen LogP contribution is 2.24. The SMILES string of the molecule is COC(=O)C(C(=O)CC(C)(C)C)C(C)C. The van der Waals surface area contributed by atoms with E-state index in [2.05, 4.69) is 4.74 Å². The molecule has 1 unspecified atom stereocenters. The Hall–Kier alpha value is -0.860. The largest absolute Gasteiger partial charge is 0.468 e. The van der Waals surface area contributed by atoms with Crippen LogP contribution in [-0.2, 0) is 14.3 Å². The van der Waals surface area contributed by atoms with E-state index in [4.69, 9.17) is 0 Å². The summed E-state index contributed by atoms with van der Waals surface area (Å²) in [7, 11) is 1.32. The standard InChI is InChI=1S/C12H22O3/c1-8(2)10(11(14)15-6)9(13)7-12(3,4)5/h8,10H,7H2,1-6H3. The first-order valence-electron chi connectivity index (χ1n) is 5.29. The highest BCUT2D eigenvalue weighted by Gasteiger charge is 2.32. The van der Waals surface area contributed by atoms with Gasteiger partial charge < -0.3 is 4.74 Å². The van der Waals surface area contributed by atoms with Gasteiger partial charge in [-0.15, -0.1) is 0 Å². The molecule has 0 heterocycles. The molecule has 0 amide bonds. The predicted molar refractivity (Wildman–Crippen MR) is 59.4 cm³/mol. The summed E-state index contributed by atoms with van der Waals surface area (Å²) in [6.07, 6.45) is 0.408. The summed E-state index contributed by atoms with van der Waals surface area (Å²) in [6.45, 7) is 9.68. The molecule has 0 N–H and O–H groups in total. The van der Waals surface area contributed by atoms with Gasteiger partial charge in [0.15, 0.2) is 0 Å². The Morgan fingerprint density at radius 3 is 1.93 bits per heavy atom. The van der Waals surface area contributed by atoms with Crippen molar-refractivity contribution in [2.24, 2.45) is 17.3 Å². The van der Waals surface area contributed by atoms with E-state index in [1.165, 1.54) is 7.11 Å². The normalized spacial score (nSPS) is 13.8. The minimum atomic E-state index is -0.616. The Morgan fingerprint density at radius 1 is 1.20 bits per heavy atom. The van der Waals surface area contributed by atoms with E-state index in [9.17, 15) is 9.59 Å². The quantitative estimate of drug-likeness (QED) is 0.533. The van der Waals surface area contributed by atoms with Crippen molar-refractivity contribution in [1.82, 2.24) is 0 Å². The second-order valence-corrected chi connectivity index (χ2v) is 5.45. The summed E-state index contributed by atoms with van der Waals surface area (Å²) >= 11 is 0. The van der Waals surface area contributed by atoms with E-state index < -0.39 is 11.9 Å². The van der Waals surface area contributed by atoms with Crippen molar-refractivity contribution in [3.8, 4) is 0 Å². The molecule has 0 aliphatic carbocycles. The van der Waals surface area contributed by atoms with Gasteiger partial charge in [0.1, 0.15) is 11.7 Å². The highest BCUT2D eigenvalue weighted by molar-refractivity contribution is 5.99. The van der Waals surface area contributed by atoms with Gasteiger partial charge in [0.05, 0.1) is 7.11 Å². The highest BCUT2D eigenvalue weighted by atomic mass is 16.5. The second-order valence-electron chi connectivity index (χ2n) is 5.45. The summed E-state index contributed by atoms with van der Waals surface area (Å²) in [5, 5.41) is 0. The number of rotatable bonds is 4. The second kappa shape index (κ2) is 5.29. The number of ketones is 1. The molecule has 0 aliphatic rings. The maximum absolute atomic E-state index is 11.9. The van der Waals surface area contributed by atoms with Crippen LogP contribution in [0.4, 0.5) is 0 Å². The zero-order chi connectivity index (χ0) is 12.2. The van der Waals surface area contributed by atoms with E-state index in [1.807, 2.05) is 34.6 Å². The lowest BCUT2D eigenvalue weighted by molar-refractivity contribution is -0.151. The molecule has 0 bridgehead atoms. The fourth-order valence-electron chi connectivity index (χ4n) is 1.54. The molecule has 0 rings (SSSR count). The molecular weight excluding hydrogens is 192 g/mol. The van der Waals surface area contributed by atoms with Gasteiger partial charge in [0.2, 0.25) is 0 Å². The van der Waals surface area contributed by atoms with E-state index >= 15 is 0 Å². The number of esters is 1. The monoisotopic (exact) mass is 214 g/mol. The third-order valence-electron chi connectivity index (χ3n) is 2.17. The van der Waals surface area contributed by atoms with Gasteiger partial charge >= 0.3 is 5.97 Å². The van der Waals surface area contributed by atoms with Crippen molar-refractivity contribution in [2.45, 2.75) is 41.0 Å². The van der Waals surface area contributed by atoms with Crippen LogP contribution in [-0.4, -0.2) is 18.9 Å².